The predicted octanol–water partition coefficient (Wildman–Crippen LogP) is 3.36. The Morgan fingerprint density at radius 1 is 1.38 bits per heavy atom. The third kappa shape index (κ3) is 2.53. The van der Waals surface area contributed by atoms with Crippen LogP contribution in [0.2, 0.25) is 0 Å². The van der Waals surface area contributed by atoms with Gasteiger partial charge in [-0.2, -0.15) is 0 Å². The van der Waals surface area contributed by atoms with E-state index < -0.39 is 0 Å². The van der Waals surface area contributed by atoms with Crippen molar-refractivity contribution in [2.45, 2.75) is 32.6 Å². The van der Waals surface area contributed by atoms with Crippen LogP contribution in [0.5, 0.6) is 0 Å². The first-order valence-corrected chi connectivity index (χ1v) is 6.31. The molecule has 0 aromatic heterocycles. The van der Waals surface area contributed by atoms with Crippen molar-refractivity contribution in [3.8, 4) is 0 Å². The maximum Gasteiger partial charge on any atom is -0.000846 e. The first-order chi connectivity index (χ1) is 7.81. The van der Waals surface area contributed by atoms with Crippen LogP contribution in [0.15, 0.2) is 24.3 Å². The van der Waals surface area contributed by atoms with Crippen LogP contribution in [0.3, 0.4) is 0 Å². The first kappa shape index (κ1) is 11.4. The summed E-state index contributed by atoms with van der Waals surface area (Å²) in [5, 5.41) is 3.37. The van der Waals surface area contributed by atoms with Crippen molar-refractivity contribution in [2.75, 3.05) is 13.1 Å². The molecule has 1 nitrogen and oxygen atoms in total. The largest absolute Gasteiger partial charge is 0.317 e. The third-order valence-corrected chi connectivity index (χ3v) is 3.31. The van der Waals surface area contributed by atoms with Crippen molar-refractivity contribution >= 4 is 6.08 Å². The Balaban J connectivity index is 2.10. The Kier molecular flexibility index (Phi) is 3.79. The third-order valence-electron chi connectivity index (χ3n) is 3.31. The average Bonchev–Trinajstić information content (AvgIpc) is 2.30. The molecule has 86 valence electrons. The Morgan fingerprint density at radius 2 is 2.25 bits per heavy atom. The molecule has 0 saturated carbocycles. The molecular weight excluding hydrogens is 194 g/mol. The summed E-state index contributed by atoms with van der Waals surface area (Å²) in [4.78, 5) is 0. The molecule has 0 aliphatic heterocycles. The van der Waals surface area contributed by atoms with Crippen LogP contribution < -0.4 is 5.32 Å². The van der Waals surface area contributed by atoms with E-state index in [1.165, 1.54) is 23.1 Å². The lowest BCUT2D eigenvalue weighted by molar-refractivity contribution is 0.715. The van der Waals surface area contributed by atoms with E-state index in [2.05, 4.69) is 49.5 Å². The van der Waals surface area contributed by atoms with Gasteiger partial charge in [-0.05, 0) is 48.5 Å². The van der Waals surface area contributed by atoms with E-state index in [0.717, 1.165) is 19.5 Å². The molecular formula is C15H21N. The number of hydrogen-bond donors (Lipinski definition) is 1. The fraction of sp³-hybridized carbons (Fsp3) is 0.467. The second kappa shape index (κ2) is 5.31. The van der Waals surface area contributed by atoms with Gasteiger partial charge in [-0.1, -0.05) is 44.2 Å². The minimum Gasteiger partial charge on any atom is -0.317 e. The van der Waals surface area contributed by atoms with Crippen molar-refractivity contribution in [3.63, 3.8) is 0 Å². The van der Waals surface area contributed by atoms with E-state index in [1.54, 1.807) is 0 Å². The molecule has 0 heterocycles. The lowest BCUT2D eigenvalue weighted by Gasteiger charge is -2.18. The van der Waals surface area contributed by atoms with Gasteiger partial charge in [-0.3, -0.25) is 0 Å². The Labute approximate surface area is 98.6 Å². The van der Waals surface area contributed by atoms with Gasteiger partial charge in [0.2, 0.25) is 0 Å². The van der Waals surface area contributed by atoms with Crippen LogP contribution in [0.1, 0.15) is 42.9 Å². The highest BCUT2D eigenvalue weighted by Crippen LogP contribution is 2.29. The summed E-state index contributed by atoms with van der Waals surface area (Å²) < 4.78 is 0. The number of allylic oxidation sites excluding steroid dienone is 1. The molecule has 0 radical (unpaired) electrons. The highest BCUT2D eigenvalue weighted by Gasteiger charge is 2.12. The van der Waals surface area contributed by atoms with Crippen molar-refractivity contribution in [1.29, 1.82) is 0 Å². The molecule has 1 aromatic rings. The van der Waals surface area contributed by atoms with E-state index in [-0.39, 0.29) is 0 Å². The quantitative estimate of drug-likeness (QED) is 0.759. The van der Waals surface area contributed by atoms with E-state index in [0.29, 0.717) is 5.92 Å². The molecule has 0 amide bonds. The van der Waals surface area contributed by atoms with Crippen molar-refractivity contribution in [2.24, 2.45) is 0 Å². The van der Waals surface area contributed by atoms with Gasteiger partial charge in [0.15, 0.2) is 0 Å². The summed E-state index contributed by atoms with van der Waals surface area (Å²) in [6.45, 7) is 6.59. The maximum absolute atomic E-state index is 3.37. The lowest BCUT2D eigenvalue weighted by atomic mass is 9.87. The smallest absolute Gasteiger partial charge is 0.000846 e. The van der Waals surface area contributed by atoms with Gasteiger partial charge in [0.25, 0.3) is 0 Å². The van der Waals surface area contributed by atoms with E-state index in [1.807, 2.05) is 0 Å². The molecule has 1 aliphatic carbocycles. The molecule has 0 fully saturated rings. The van der Waals surface area contributed by atoms with Gasteiger partial charge >= 0.3 is 0 Å². The molecule has 16 heavy (non-hydrogen) atoms. The van der Waals surface area contributed by atoms with Gasteiger partial charge < -0.3 is 5.32 Å². The predicted molar refractivity (Wildman–Crippen MR) is 70.8 cm³/mol. The second-order valence-corrected chi connectivity index (χ2v) is 4.61. The van der Waals surface area contributed by atoms with Gasteiger partial charge in [0.05, 0.1) is 0 Å². The molecule has 1 atom stereocenters. The zero-order chi connectivity index (χ0) is 11.4. The number of likely N-dealkylation sites (N-methyl/N-ethyl adjacent to an activating group) is 1. The number of hydrogen-bond acceptors (Lipinski definition) is 1. The summed E-state index contributed by atoms with van der Waals surface area (Å²) in [5.74, 6) is 0.683. The minimum absolute atomic E-state index is 0.683. The Morgan fingerprint density at radius 3 is 3.06 bits per heavy atom. The molecule has 0 spiro atoms. The number of rotatable bonds is 4. The second-order valence-electron chi connectivity index (χ2n) is 4.61. The molecule has 0 saturated heterocycles. The van der Waals surface area contributed by atoms with E-state index in [9.17, 15) is 0 Å². The van der Waals surface area contributed by atoms with Gasteiger partial charge in [-0.25, -0.2) is 0 Å². The molecule has 1 unspecified atom stereocenters. The maximum atomic E-state index is 3.37. The van der Waals surface area contributed by atoms with Crippen LogP contribution in [0, 0.1) is 0 Å². The summed E-state index contributed by atoms with van der Waals surface area (Å²) in [6, 6.07) is 6.94. The molecule has 2 rings (SSSR count). The molecule has 1 aliphatic rings. The Hall–Kier alpha value is -1.08. The molecule has 1 heteroatoms. The molecule has 1 aromatic carbocycles. The summed E-state index contributed by atoms with van der Waals surface area (Å²) in [5.41, 5.74) is 4.38. The van der Waals surface area contributed by atoms with Crippen molar-refractivity contribution in [1.82, 2.24) is 5.32 Å². The van der Waals surface area contributed by atoms with Crippen LogP contribution in [-0.2, 0) is 6.42 Å². The Bertz CT molecular complexity index is 379. The fourth-order valence-electron chi connectivity index (χ4n) is 2.31. The van der Waals surface area contributed by atoms with Crippen molar-refractivity contribution in [3.05, 3.63) is 41.0 Å². The average molecular weight is 215 g/mol. The van der Waals surface area contributed by atoms with E-state index >= 15 is 0 Å². The van der Waals surface area contributed by atoms with Gasteiger partial charge in [-0.15, -0.1) is 0 Å². The molecule has 0 bridgehead atoms. The van der Waals surface area contributed by atoms with Gasteiger partial charge in [0, 0.05) is 0 Å². The highest BCUT2D eigenvalue weighted by molar-refractivity contribution is 5.58. The number of nitrogens with one attached hydrogen (secondary N) is 1. The minimum atomic E-state index is 0.683. The van der Waals surface area contributed by atoms with Crippen LogP contribution in [0.25, 0.3) is 6.08 Å². The lowest BCUT2D eigenvalue weighted by Crippen LogP contribution is -2.16. The van der Waals surface area contributed by atoms with E-state index in [4.69, 9.17) is 0 Å². The zero-order valence-electron chi connectivity index (χ0n) is 10.3. The van der Waals surface area contributed by atoms with Gasteiger partial charge in [0.1, 0.15) is 0 Å². The molecule has 1 N–H and O–H groups in total. The topological polar surface area (TPSA) is 12.0 Å². The number of benzene rings is 1. The monoisotopic (exact) mass is 215 g/mol. The first-order valence-electron chi connectivity index (χ1n) is 6.31. The van der Waals surface area contributed by atoms with Crippen LogP contribution in [0.4, 0.5) is 0 Å². The standard InChI is InChI=1S/C15H21N/c1-3-16-10-9-13-7-8-15-12(2)5-4-6-14(15)11-13/h4,6-8,11-12,16H,3,5,9-10H2,1-2H3. The SMILES string of the molecule is CCNCCc1ccc2c(c1)C=CCC2C. The fourth-order valence-corrected chi connectivity index (χ4v) is 2.31. The summed E-state index contributed by atoms with van der Waals surface area (Å²) >= 11 is 0. The highest BCUT2D eigenvalue weighted by atomic mass is 14.8. The van der Waals surface area contributed by atoms with Crippen LogP contribution >= 0.6 is 0 Å². The normalized spacial score (nSPS) is 18.5. The zero-order valence-corrected chi connectivity index (χ0v) is 10.3. The summed E-state index contributed by atoms with van der Waals surface area (Å²) in [6.07, 6.45) is 6.88. The van der Waals surface area contributed by atoms with Crippen LogP contribution in [-0.4, -0.2) is 13.1 Å². The summed E-state index contributed by atoms with van der Waals surface area (Å²) in [7, 11) is 0. The number of fused-ring (bicyclic) bond motifs is 1. The van der Waals surface area contributed by atoms with Crippen molar-refractivity contribution < 1.29 is 0 Å².